The molecule has 1 aromatic carbocycles. The summed E-state index contributed by atoms with van der Waals surface area (Å²) in [6.45, 7) is 0.226. The molecule has 3 nitrogen and oxygen atoms in total. The largest absolute Gasteiger partial charge is 0.454 e. The van der Waals surface area contributed by atoms with Gasteiger partial charge in [-0.2, -0.15) is 0 Å². The van der Waals surface area contributed by atoms with Gasteiger partial charge in [0.2, 0.25) is 6.79 Å². The third kappa shape index (κ3) is 2.67. The van der Waals surface area contributed by atoms with Crippen molar-refractivity contribution in [2.75, 3.05) is 6.79 Å². The second-order valence-electron chi connectivity index (χ2n) is 4.15. The normalized spacial score (nSPS) is 14.7. The number of hydrogen-bond donors (Lipinski definition) is 1. The average Bonchev–Trinajstić information content (AvgIpc) is 2.99. The summed E-state index contributed by atoms with van der Waals surface area (Å²) >= 11 is 8.54. The molecule has 1 aliphatic heterocycles. The molecule has 6 heteroatoms. The summed E-state index contributed by atoms with van der Waals surface area (Å²) in [5, 5.41) is 12.3. The van der Waals surface area contributed by atoms with Gasteiger partial charge in [0.25, 0.3) is 0 Å². The number of halogens is 2. The van der Waals surface area contributed by atoms with Gasteiger partial charge < -0.3 is 14.6 Å². The molecule has 1 aromatic heterocycles. The van der Waals surface area contributed by atoms with Crippen LogP contribution in [0.5, 0.6) is 11.5 Å². The molecule has 2 aromatic rings. The summed E-state index contributed by atoms with van der Waals surface area (Å²) in [6, 6.07) is 5.70. The first kappa shape index (κ1) is 13.4. The van der Waals surface area contributed by atoms with Crippen molar-refractivity contribution in [3.63, 3.8) is 0 Å². The minimum absolute atomic E-state index is 0.226. The van der Waals surface area contributed by atoms with Gasteiger partial charge in [0.1, 0.15) is 0 Å². The third-order valence-corrected chi connectivity index (χ3v) is 5.44. The smallest absolute Gasteiger partial charge is 0.231 e. The molecule has 19 heavy (non-hydrogen) atoms. The van der Waals surface area contributed by atoms with Gasteiger partial charge in [-0.15, -0.1) is 11.3 Å². The van der Waals surface area contributed by atoms with Gasteiger partial charge in [-0.25, -0.2) is 0 Å². The lowest BCUT2D eigenvalue weighted by atomic mass is 10.1. The van der Waals surface area contributed by atoms with E-state index in [1.807, 2.05) is 23.6 Å². The molecule has 0 saturated heterocycles. The standard InChI is InChI=1S/C13H10Br2O3S/c14-8-1-2-19-12(8)5-10(16)7-3-9(15)13-11(4-7)17-6-18-13/h1-4,10,16H,5-6H2. The average molecular weight is 406 g/mol. The SMILES string of the molecule is OC(Cc1sccc1Br)c1cc(Br)c2c(c1)OCO2. The minimum Gasteiger partial charge on any atom is -0.454 e. The highest BCUT2D eigenvalue weighted by Gasteiger charge is 2.21. The molecule has 1 N–H and O–H groups in total. The molecule has 100 valence electrons. The zero-order valence-electron chi connectivity index (χ0n) is 9.73. The fourth-order valence-electron chi connectivity index (χ4n) is 1.94. The molecule has 0 radical (unpaired) electrons. The van der Waals surface area contributed by atoms with Crippen LogP contribution in [0.15, 0.2) is 32.5 Å². The summed E-state index contributed by atoms with van der Waals surface area (Å²) in [7, 11) is 0. The van der Waals surface area contributed by atoms with E-state index < -0.39 is 6.10 Å². The summed E-state index contributed by atoms with van der Waals surface area (Å²) in [4.78, 5) is 1.13. The van der Waals surface area contributed by atoms with Gasteiger partial charge in [-0.1, -0.05) is 0 Å². The molecule has 0 saturated carbocycles. The number of aliphatic hydroxyl groups excluding tert-OH is 1. The van der Waals surface area contributed by atoms with Crippen LogP contribution in [0.25, 0.3) is 0 Å². The maximum Gasteiger partial charge on any atom is 0.231 e. The molecule has 3 rings (SSSR count). The second kappa shape index (κ2) is 5.44. The molecule has 0 spiro atoms. The molecule has 2 heterocycles. The fourth-order valence-corrected chi connectivity index (χ4v) is 4.07. The van der Waals surface area contributed by atoms with Gasteiger partial charge in [0.15, 0.2) is 11.5 Å². The lowest BCUT2D eigenvalue weighted by Crippen LogP contribution is -2.01. The van der Waals surface area contributed by atoms with Crippen molar-refractivity contribution in [1.82, 2.24) is 0 Å². The summed E-state index contributed by atoms with van der Waals surface area (Å²) in [6.07, 6.45) is 0.00499. The highest BCUT2D eigenvalue weighted by atomic mass is 79.9. The van der Waals surface area contributed by atoms with Gasteiger partial charge >= 0.3 is 0 Å². The van der Waals surface area contributed by atoms with E-state index in [0.29, 0.717) is 17.9 Å². The number of fused-ring (bicyclic) bond motifs is 1. The maximum atomic E-state index is 10.3. The molecule has 0 bridgehead atoms. The zero-order chi connectivity index (χ0) is 13.4. The molecule has 1 unspecified atom stereocenters. The predicted octanol–water partition coefficient (Wildman–Crippen LogP) is 4.28. The Morgan fingerprint density at radius 2 is 2.11 bits per heavy atom. The Kier molecular flexibility index (Phi) is 3.84. The first-order valence-corrected chi connectivity index (χ1v) is 8.10. The number of hydrogen-bond acceptors (Lipinski definition) is 4. The molecular weight excluding hydrogens is 396 g/mol. The Balaban J connectivity index is 1.86. The Morgan fingerprint density at radius 3 is 2.84 bits per heavy atom. The second-order valence-corrected chi connectivity index (χ2v) is 6.86. The van der Waals surface area contributed by atoms with Gasteiger partial charge in [-0.05, 0) is 61.0 Å². The quantitative estimate of drug-likeness (QED) is 0.828. The number of aliphatic hydroxyl groups is 1. The predicted molar refractivity (Wildman–Crippen MR) is 80.9 cm³/mol. The van der Waals surface area contributed by atoms with Crippen molar-refractivity contribution >= 4 is 43.2 Å². The van der Waals surface area contributed by atoms with E-state index in [-0.39, 0.29) is 6.79 Å². The lowest BCUT2D eigenvalue weighted by molar-refractivity contribution is 0.171. The Labute approximate surface area is 131 Å². The van der Waals surface area contributed by atoms with Crippen LogP contribution in [0.4, 0.5) is 0 Å². The first-order valence-electron chi connectivity index (χ1n) is 5.64. The van der Waals surface area contributed by atoms with E-state index in [0.717, 1.165) is 19.4 Å². The van der Waals surface area contributed by atoms with Crippen molar-refractivity contribution in [2.45, 2.75) is 12.5 Å². The molecule has 1 aliphatic rings. The Morgan fingerprint density at radius 1 is 1.26 bits per heavy atom. The minimum atomic E-state index is -0.569. The van der Waals surface area contributed by atoms with Crippen LogP contribution in [0, 0.1) is 0 Å². The topological polar surface area (TPSA) is 38.7 Å². The van der Waals surface area contributed by atoms with Crippen LogP contribution in [0.3, 0.4) is 0 Å². The highest BCUT2D eigenvalue weighted by Crippen LogP contribution is 2.42. The van der Waals surface area contributed by atoms with Crippen molar-refractivity contribution in [3.05, 3.63) is 43.0 Å². The summed E-state index contributed by atoms with van der Waals surface area (Å²) < 4.78 is 12.5. The number of rotatable bonds is 3. The molecular formula is C13H10Br2O3S. The van der Waals surface area contributed by atoms with Gasteiger partial charge in [-0.3, -0.25) is 0 Å². The van der Waals surface area contributed by atoms with Crippen molar-refractivity contribution in [3.8, 4) is 11.5 Å². The summed E-state index contributed by atoms with van der Waals surface area (Å²) in [5.74, 6) is 1.38. The van der Waals surface area contributed by atoms with E-state index in [1.54, 1.807) is 11.3 Å². The van der Waals surface area contributed by atoms with Crippen molar-refractivity contribution in [1.29, 1.82) is 0 Å². The molecule has 0 amide bonds. The third-order valence-electron chi connectivity index (χ3n) is 2.90. The lowest BCUT2D eigenvalue weighted by Gasteiger charge is -2.12. The van der Waals surface area contributed by atoms with E-state index in [2.05, 4.69) is 31.9 Å². The van der Waals surface area contributed by atoms with Crippen LogP contribution in [-0.4, -0.2) is 11.9 Å². The molecule has 0 fully saturated rings. The summed E-state index contributed by atoms with van der Waals surface area (Å²) in [5.41, 5.74) is 0.816. The van der Waals surface area contributed by atoms with Crippen LogP contribution in [0.1, 0.15) is 16.5 Å². The van der Waals surface area contributed by atoms with Crippen LogP contribution in [-0.2, 0) is 6.42 Å². The van der Waals surface area contributed by atoms with Gasteiger partial charge in [0, 0.05) is 15.8 Å². The van der Waals surface area contributed by atoms with E-state index >= 15 is 0 Å². The van der Waals surface area contributed by atoms with Crippen LogP contribution >= 0.6 is 43.2 Å². The Hall–Kier alpha value is -0.560. The molecule has 1 atom stereocenters. The van der Waals surface area contributed by atoms with E-state index in [1.165, 1.54) is 0 Å². The number of thiophene rings is 1. The van der Waals surface area contributed by atoms with Crippen LogP contribution in [0.2, 0.25) is 0 Å². The number of ether oxygens (including phenoxy) is 2. The van der Waals surface area contributed by atoms with Crippen molar-refractivity contribution < 1.29 is 14.6 Å². The Bertz CT molecular complexity index is 612. The highest BCUT2D eigenvalue weighted by molar-refractivity contribution is 9.10. The maximum absolute atomic E-state index is 10.3. The number of benzene rings is 1. The fraction of sp³-hybridized carbons (Fsp3) is 0.231. The van der Waals surface area contributed by atoms with Crippen LogP contribution < -0.4 is 9.47 Å². The first-order chi connectivity index (χ1) is 9.15. The van der Waals surface area contributed by atoms with E-state index in [9.17, 15) is 5.11 Å². The van der Waals surface area contributed by atoms with Crippen molar-refractivity contribution in [2.24, 2.45) is 0 Å². The van der Waals surface area contributed by atoms with E-state index in [4.69, 9.17) is 9.47 Å². The van der Waals surface area contributed by atoms with Gasteiger partial charge in [0.05, 0.1) is 10.6 Å². The monoisotopic (exact) mass is 404 g/mol. The zero-order valence-corrected chi connectivity index (χ0v) is 13.7. The molecule has 0 aliphatic carbocycles.